The summed E-state index contributed by atoms with van der Waals surface area (Å²) in [6.07, 6.45) is 2.43. The second-order valence-corrected chi connectivity index (χ2v) is 6.18. The van der Waals surface area contributed by atoms with Crippen molar-refractivity contribution in [2.45, 2.75) is 19.8 Å². The fourth-order valence-electron chi connectivity index (χ4n) is 2.81. The van der Waals surface area contributed by atoms with Crippen LogP contribution in [0.4, 0.5) is 11.4 Å². The van der Waals surface area contributed by atoms with Crippen molar-refractivity contribution < 1.29 is 9.59 Å². The molecule has 2 aliphatic rings. The smallest absolute Gasteiger partial charge is 0.296 e. The molecule has 1 unspecified atom stereocenters. The Balaban J connectivity index is 1.98. The highest BCUT2D eigenvalue weighted by molar-refractivity contribution is 9.10. The van der Waals surface area contributed by atoms with Crippen LogP contribution in [0.3, 0.4) is 0 Å². The van der Waals surface area contributed by atoms with Gasteiger partial charge in [-0.2, -0.15) is 0 Å². The lowest BCUT2D eigenvalue weighted by atomic mass is 9.99. The Morgan fingerprint density at radius 1 is 1.37 bits per heavy atom. The second-order valence-electron chi connectivity index (χ2n) is 5.33. The number of halogens is 1. The van der Waals surface area contributed by atoms with E-state index in [1.165, 1.54) is 12.8 Å². The fraction of sp³-hybridized carbons (Fsp3) is 0.429. The quantitative estimate of drug-likeness (QED) is 0.809. The summed E-state index contributed by atoms with van der Waals surface area (Å²) >= 11 is 3.52. The maximum atomic E-state index is 11.6. The Bertz CT molecular complexity index is 571. The van der Waals surface area contributed by atoms with Gasteiger partial charge in [0.2, 0.25) is 0 Å². The van der Waals surface area contributed by atoms with Crippen LogP contribution in [0, 0.1) is 5.92 Å². The SMILES string of the molecule is CC1CCCN(c2cc3c(cc2Br)C(=O)C(=O)N3)C1. The Labute approximate surface area is 120 Å². The lowest BCUT2D eigenvalue weighted by Gasteiger charge is -2.33. The minimum Gasteiger partial charge on any atom is -0.370 e. The van der Waals surface area contributed by atoms with Crippen molar-refractivity contribution in [3.63, 3.8) is 0 Å². The van der Waals surface area contributed by atoms with Crippen molar-refractivity contribution in [2.24, 2.45) is 5.92 Å². The molecule has 0 radical (unpaired) electrons. The molecule has 1 aromatic carbocycles. The number of piperidine rings is 1. The molecule has 19 heavy (non-hydrogen) atoms. The first-order chi connectivity index (χ1) is 9.06. The van der Waals surface area contributed by atoms with Crippen LogP contribution < -0.4 is 10.2 Å². The minimum atomic E-state index is -0.536. The number of hydrogen-bond donors (Lipinski definition) is 1. The summed E-state index contributed by atoms with van der Waals surface area (Å²) in [5, 5.41) is 2.63. The van der Waals surface area contributed by atoms with Gasteiger partial charge in [0.15, 0.2) is 0 Å². The van der Waals surface area contributed by atoms with Gasteiger partial charge < -0.3 is 10.2 Å². The predicted molar refractivity (Wildman–Crippen MR) is 77.7 cm³/mol. The van der Waals surface area contributed by atoms with Crippen LogP contribution in [-0.2, 0) is 4.79 Å². The second kappa shape index (κ2) is 4.63. The molecule has 0 saturated carbocycles. The first kappa shape index (κ1) is 12.7. The van der Waals surface area contributed by atoms with E-state index in [0.29, 0.717) is 17.2 Å². The number of hydrogen-bond acceptors (Lipinski definition) is 3. The van der Waals surface area contributed by atoms with Crippen molar-refractivity contribution in [1.82, 2.24) is 0 Å². The predicted octanol–water partition coefficient (Wildman–Crippen LogP) is 2.82. The Morgan fingerprint density at radius 3 is 2.89 bits per heavy atom. The number of rotatable bonds is 1. The maximum absolute atomic E-state index is 11.6. The summed E-state index contributed by atoms with van der Waals surface area (Å²) in [6, 6.07) is 3.66. The van der Waals surface area contributed by atoms with Gasteiger partial charge >= 0.3 is 0 Å². The zero-order chi connectivity index (χ0) is 13.6. The van der Waals surface area contributed by atoms with Crippen LogP contribution >= 0.6 is 15.9 Å². The molecule has 1 aromatic rings. The van der Waals surface area contributed by atoms with Crippen LogP contribution in [0.25, 0.3) is 0 Å². The molecule has 0 aromatic heterocycles. The molecular formula is C14H15BrN2O2. The van der Waals surface area contributed by atoms with Gasteiger partial charge in [-0.05, 0) is 46.8 Å². The lowest BCUT2D eigenvalue weighted by molar-refractivity contribution is -0.112. The van der Waals surface area contributed by atoms with E-state index in [1.54, 1.807) is 6.07 Å². The lowest BCUT2D eigenvalue weighted by Crippen LogP contribution is -2.34. The van der Waals surface area contributed by atoms with Crippen LogP contribution in [0.1, 0.15) is 30.1 Å². The van der Waals surface area contributed by atoms with Gasteiger partial charge in [-0.15, -0.1) is 0 Å². The number of amides is 1. The van der Waals surface area contributed by atoms with E-state index in [0.717, 1.165) is 23.2 Å². The average Bonchev–Trinajstić information content (AvgIpc) is 2.65. The number of Topliss-reactive ketones (excluding diaryl/α,β-unsaturated/α-hetero) is 1. The number of ketones is 1. The molecule has 1 atom stereocenters. The number of carbonyl (C=O) groups is 2. The molecule has 4 nitrogen and oxygen atoms in total. The van der Waals surface area contributed by atoms with E-state index in [2.05, 4.69) is 33.1 Å². The van der Waals surface area contributed by atoms with E-state index in [9.17, 15) is 9.59 Å². The largest absolute Gasteiger partial charge is 0.370 e. The van der Waals surface area contributed by atoms with E-state index >= 15 is 0 Å². The first-order valence-electron chi connectivity index (χ1n) is 6.50. The van der Waals surface area contributed by atoms with Gasteiger partial charge in [0, 0.05) is 17.6 Å². The number of carbonyl (C=O) groups excluding carboxylic acids is 2. The Morgan fingerprint density at radius 2 is 2.16 bits per heavy atom. The van der Waals surface area contributed by atoms with Crippen molar-refractivity contribution in [3.8, 4) is 0 Å². The van der Waals surface area contributed by atoms with E-state index in [-0.39, 0.29) is 0 Å². The van der Waals surface area contributed by atoms with Crippen LogP contribution in [0.5, 0.6) is 0 Å². The number of nitrogens with zero attached hydrogens (tertiary/aromatic N) is 1. The van der Waals surface area contributed by atoms with Gasteiger partial charge in [-0.3, -0.25) is 9.59 Å². The third-order valence-electron chi connectivity index (χ3n) is 3.78. The normalized spacial score (nSPS) is 22.4. The first-order valence-corrected chi connectivity index (χ1v) is 7.29. The van der Waals surface area contributed by atoms with Crippen LogP contribution in [-0.4, -0.2) is 24.8 Å². The third-order valence-corrected chi connectivity index (χ3v) is 4.42. The molecule has 2 heterocycles. The summed E-state index contributed by atoms with van der Waals surface area (Å²) in [5.41, 5.74) is 2.15. The molecule has 0 bridgehead atoms. The summed E-state index contributed by atoms with van der Waals surface area (Å²) in [7, 11) is 0. The topological polar surface area (TPSA) is 49.4 Å². The van der Waals surface area contributed by atoms with E-state index in [4.69, 9.17) is 0 Å². The van der Waals surface area contributed by atoms with Gasteiger partial charge in [-0.1, -0.05) is 6.92 Å². The van der Waals surface area contributed by atoms with Crippen molar-refractivity contribution >= 4 is 39.0 Å². The molecular weight excluding hydrogens is 308 g/mol. The Kier molecular flexibility index (Phi) is 3.09. The van der Waals surface area contributed by atoms with E-state index < -0.39 is 11.7 Å². The average molecular weight is 323 g/mol. The molecule has 2 aliphatic heterocycles. The molecule has 1 N–H and O–H groups in total. The Hall–Kier alpha value is -1.36. The van der Waals surface area contributed by atoms with Crippen molar-refractivity contribution in [1.29, 1.82) is 0 Å². The van der Waals surface area contributed by atoms with Gasteiger partial charge in [-0.25, -0.2) is 0 Å². The fourth-order valence-corrected chi connectivity index (χ4v) is 3.40. The zero-order valence-electron chi connectivity index (χ0n) is 10.7. The van der Waals surface area contributed by atoms with Gasteiger partial charge in [0.05, 0.1) is 16.9 Å². The number of benzene rings is 1. The maximum Gasteiger partial charge on any atom is 0.296 e. The highest BCUT2D eigenvalue weighted by atomic mass is 79.9. The van der Waals surface area contributed by atoms with Crippen LogP contribution in [0.15, 0.2) is 16.6 Å². The number of nitrogens with one attached hydrogen (secondary N) is 1. The highest BCUT2D eigenvalue weighted by Gasteiger charge is 2.30. The summed E-state index contributed by atoms with van der Waals surface area (Å²) in [6.45, 7) is 4.28. The van der Waals surface area contributed by atoms with Crippen molar-refractivity contribution in [2.75, 3.05) is 23.3 Å². The summed E-state index contributed by atoms with van der Waals surface area (Å²) in [5.74, 6) is -0.314. The summed E-state index contributed by atoms with van der Waals surface area (Å²) in [4.78, 5) is 25.3. The molecule has 3 rings (SSSR count). The van der Waals surface area contributed by atoms with Crippen LogP contribution in [0.2, 0.25) is 0 Å². The number of fused-ring (bicyclic) bond motifs is 1. The monoisotopic (exact) mass is 322 g/mol. The summed E-state index contributed by atoms with van der Waals surface area (Å²) < 4.78 is 0.880. The zero-order valence-corrected chi connectivity index (χ0v) is 12.3. The van der Waals surface area contributed by atoms with E-state index in [1.807, 2.05) is 6.07 Å². The standard InChI is InChI=1S/C14H15BrN2O2/c1-8-3-2-4-17(7-8)12-6-11-9(5-10(12)15)13(18)14(19)16-11/h5-6,8H,2-4,7H2,1H3,(H,16,18,19). The number of anilines is 2. The molecule has 1 saturated heterocycles. The molecule has 1 fully saturated rings. The minimum absolute atomic E-state index is 0.450. The molecule has 100 valence electrons. The third kappa shape index (κ3) is 2.16. The van der Waals surface area contributed by atoms with Gasteiger partial charge in [0.25, 0.3) is 11.7 Å². The van der Waals surface area contributed by atoms with Crippen molar-refractivity contribution in [3.05, 3.63) is 22.2 Å². The van der Waals surface area contributed by atoms with Gasteiger partial charge in [0.1, 0.15) is 0 Å². The molecule has 5 heteroatoms. The molecule has 0 aliphatic carbocycles. The highest BCUT2D eigenvalue weighted by Crippen LogP contribution is 2.36. The molecule has 1 amide bonds. The molecule has 0 spiro atoms.